The normalized spacial score (nSPS) is 22.8. The number of aryl methyl sites for hydroxylation is 1. The number of hydrogen-bond acceptors (Lipinski definition) is 2. The van der Waals surface area contributed by atoms with Crippen molar-refractivity contribution < 1.29 is 9.59 Å². The first kappa shape index (κ1) is 14.6. The molecule has 2 atom stereocenters. The Morgan fingerprint density at radius 3 is 2.60 bits per heavy atom. The van der Waals surface area contributed by atoms with Gasteiger partial charge >= 0.3 is 0 Å². The van der Waals surface area contributed by atoms with Gasteiger partial charge in [0.15, 0.2) is 0 Å². The van der Waals surface area contributed by atoms with E-state index in [4.69, 9.17) is 0 Å². The first-order valence-electron chi connectivity index (χ1n) is 7.14. The molecule has 4 heteroatoms. The second-order valence-corrected chi connectivity index (χ2v) is 5.40. The van der Waals surface area contributed by atoms with Crippen molar-refractivity contribution in [1.82, 2.24) is 10.2 Å². The van der Waals surface area contributed by atoms with Crippen molar-refractivity contribution in [3.63, 3.8) is 0 Å². The highest BCUT2D eigenvalue weighted by atomic mass is 16.2. The zero-order valence-electron chi connectivity index (χ0n) is 12.3. The number of hydrogen-bond donors (Lipinski definition) is 1. The zero-order chi connectivity index (χ0) is 14.7. The van der Waals surface area contributed by atoms with Gasteiger partial charge < -0.3 is 10.2 Å². The highest BCUT2D eigenvalue weighted by molar-refractivity contribution is 5.84. The number of rotatable bonds is 3. The fourth-order valence-corrected chi connectivity index (χ4v) is 2.84. The molecule has 1 aliphatic rings. The van der Waals surface area contributed by atoms with E-state index in [1.54, 1.807) is 11.9 Å². The first-order valence-corrected chi connectivity index (χ1v) is 7.14. The van der Waals surface area contributed by atoms with Crippen LogP contribution < -0.4 is 5.32 Å². The van der Waals surface area contributed by atoms with Gasteiger partial charge in [-0.15, -0.1) is 0 Å². The molecule has 0 radical (unpaired) electrons. The maximum absolute atomic E-state index is 12.3. The van der Waals surface area contributed by atoms with Gasteiger partial charge in [0.2, 0.25) is 11.8 Å². The molecule has 0 bridgehead atoms. The number of nitrogens with zero attached hydrogens (tertiary/aromatic N) is 1. The van der Waals surface area contributed by atoms with Gasteiger partial charge in [-0.3, -0.25) is 9.59 Å². The topological polar surface area (TPSA) is 49.4 Å². The van der Waals surface area contributed by atoms with Crippen molar-refractivity contribution in [3.8, 4) is 0 Å². The number of amides is 2. The van der Waals surface area contributed by atoms with E-state index < -0.39 is 0 Å². The van der Waals surface area contributed by atoms with Crippen molar-refractivity contribution in [2.24, 2.45) is 5.92 Å². The summed E-state index contributed by atoms with van der Waals surface area (Å²) in [5.74, 6) is -0.0195. The third-order valence-corrected chi connectivity index (χ3v) is 3.97. The molecule has 4 nitrogen and oxygen atoms in total. The number of likely N-dealkylation sites (tertiary alicyclic amines) is 1. The van der Waals surface area contributed by atoms with E-state index in [1.807, 2.05) is 38.1 Å². The number of carbonyl (C=O) groups is 2. The fourth-order valence-electron chi connectivity index (χ4n) is 2.84. The Kier molecular flexibility index (Phi) is 4.42. The maximum atomic E-state index is 12.3. The number of carbonyl (C=O) groups excluding carboxylic acids is 2. The summed E-state index contributed by atoms with van der Waals surface area (Å²) in [4.78, 5) is 25.9. The Morgan fingerprint density at radius 2 is 2.00 bits per heavy atom. The minimum Gasteiger partial charge on any atom is -0.356 e. The van der Waals surface area contributed by atoms with Crippen LogP contribution in [-0.4, -0.2) is 30.3 Å². The van der Waals surface area contributed by atoms with Gasteiger partial charge in [0.05, 0.1) is 12.0 Å². The van der Waals surface area contributed by atoms with Crippen LogP contribution in [0.5, 0.6) is 0 Å². The summed E-state index contributed by atoms with van der Waals surface area (Å²) in [5.41, 5.74) is 2.20. The number of nitrogens with one attached hydrogen (secondary N) is 1. The molecule has 2 rings (SSSR count). The lowest BCUT2D eigenvalue weighted by molar-refractivity contribution is -0.141. The Morgan fingerprint density at radius 1 is 1.35 bits per heavy atom. The molecule has 1 aliphatic heterocycles. The van der Waals surface area contributed by atoms with E-state index in [2.05, 4.69) is 5.32 Å². The molecule has 2 amide bonds. The Hall–Kier alpha value is -1.84. The van der Waals surface area contributed by atoms with Gasteiger partial charge in [-0.05, 0) is 25.8 Å². The predicted octanol–water partition coefficient (Wildman–Crippen LogP) is 2.04. The minimum atomic E-state index is -0.166. The molecule has 1 heterocycles. The summed E-state index contributed by atoms with van der Waals surface area (Å²) in [6.45, 7) is 4.56. The fraction of sp³-hybridized carbons (Fsp3) is 0.500. The number of piperidine rings is 1. The summed E-state index contributed by atoms with van der Waals surface area (Å²) in [7, 11) is 1.79. The SMILES string of the molecule is CCNC(=O)[C@H]1CCC(=O)N(C)[C@H]1c1ccc(C)cc1. The highest BCUT2D eigenvalue weighted by Gasteiger charge is 2.38. The maximum Gasteiger partial charge on any atom is 0.225 e. The summed E-state index contributed by atoms with van der Waals surface area (Å²) >= 11 is 0. The van der Waals surface area contributed by atoms with Crippen molar-refractivity contribution in [2.75, 3.05) is 13.6 Å². The average molecular weight is 274 g/mol. The lowest BCUT2D eigenvalue weighted by atomic mass is 9.83. The van der Waals surface area contributed by atoms with Crippen LogP contribution in [0.15, 0.2) is 24.3 Å². The highest BCUT2D eigenvalue weighted by Crippen LogP contribution is 2.35. The largest absolute Gasteiger partial charge is 0.356 e. The van der Waals surface area contributed by atoms with E-state index in [0.29, 0.717) is 19.4 Å². The Balaban J connectivity index is 2.32. The van der Waals surface area contributed by atoms with E-state index in [1.165, 1.54) is 5.56 Å². The summed E-state index contributed by atoms with van der Waals surface area (Å²) in [6.07, 6.45) is 1.06. The average Bonchev–Trinajstić information content (AvgIpc) is 2.43. The lowest BCUT2D eigenvalue weighted by Crippen LogP contribution is -2.46. The van der Waals surface area contributed by atoms with Crippen LogP contribution in [0.2, 0.25) is 0 Å². The van der Waals surface area contributed by atoms with E-state index in [0.717, 1.165) is 5.56 Å². The zero-order valence-corrected chi connectivity index (χ0v) is 12.3. The van der Waals surface area contributed by atoms with Crippen LogP contribution in [0.1, 0.15) is 36.9 Å². The molecule has 1 aromatic rings. The van der Waals surface area contributed by atoms with Gasteiger partial charge in [0.1, 0.15) is 0 Å². The second-order valence-electron chi connectivity index (χ2n) is 5.40. The summed E-state index contributed by atoms with van der Waals surface area (Å²) in [6, 6.07) is 7.92. The predicted molar refractivity (Wildman–Crippen MR) is 78.1 cm³/mol. The third kappa shape index (κ3) is 2.84. The smallest absolute Gasteiger partial charge is 0.225 e. The van der Waals surface area contributed by atoms with Gasteiger partial charge in [0, 0.05) is 20.0 Å². The van der Waals surface area contributed by atoms with Crippen LogP contribution >= 0.6 is 0 Å². The van der Waals surface area contributed by atoms with Crippen molar-refractivity contribution >= 4 is 11.8 Å². The first-order chi connectivity index (χ1) is 9.54. The molecule has 0 aliphatic carbocycles. The van der Waals surface area contributed by atoms with Gasteiger partial charge in [-0.2, -0.15) is 0 Å². The van der Waals surface area contributed by atoms with Crippen molar-refractivity contribution in [1.29, 1.82) is 0 Å². The van der Waals surface area contributed by atoms with Gasteiger partial charge in [-0.1, -0.05) is 29.8 Å². The molecule has 1 aromatic carbocycles. The van der Waals surface area contributed by atoms with Gasteiger partial charge in [-0.25, -0.2) is 0 Å². The summed E-state index contributed by atoms with van der Waals surface area (Å²) < 4.78 is 0. The summed E-state index contributed by atoms with van der Waals surface area (Å²) in [5, 5.41) is 2.88. The molecule has 1 fully saturated rings. The van der Waals surface area contributed by atoms with E-state index in [-0.39, 0.29) is 23.8 Å². The monoisotopic (exact) mass is 274 g/mol. The molecule has 0 spiro atoms. The Labute approximate surface area is 120 Å². The van der Waals surface area contributed by atoms with Crippen LogP contribution in [0.25, 0.3) is 0 Å². The molecule has 108 valence electrons. The molecule has 0 aromatic heterocycles. The molecular weight excluding hydrogens is 252 g/mol. The molecule has 0 unspecified atom stereocenters. The lowest BCUT2D eigenvalue weighted by Gasteiger charge is -2.38. The molecule has 1 saturated heterocycles. The van der Waals surface area contributed by atoms with Crippen LogP contribution in [-0.2, 0) is 9.59 Å². The van der Waals surface area contributed by atoms with Crippen LogP contribution in [0.3, 0.4) is 0 Å². The third-order valence-electron chi connectivity index (χ3n) is 3.97. The standard InChI is InChI=1S/C16H22N2O2/c1-4-17-16(20)13-9-10-14(19)18(3)15(13)12-7-5-11(2)6-8-12/h5-8,13,15H,4,9-10H2,1-3H3,(H,17,20)/t13-,15-/m0/s1. The molecule has 1 N–H and O–H groups in total. The van der Waals surface area contributed by atoms with E-state index >= 15 is 0 Å². The van der Waals surface area contributed by atoms with E-state index in [9.17, 15) is 9.59 Å². The quantitative estimate of drug-likeness (QED) is 0.917. The van der Waals surface area contributed by atoms with Crippen molar-refractivity contribution in [3.05, 3.63) is 35.4 Å². The second kappa shape index (κ2) is 6.07. The van der Waals surface area contributed by atoms with Crippen LogP contribution in [0.4, 0.5) is 0 Å². The molecule has 0 saturated carbocycles. The van der Waals surface area contributed by atoms with Crippen LogP contribution in [0, 0.1) is 12.8 Å². The van der Waals surface area contributed by atoms with Gasteiger partial charge in [0.25, 0.3) is 0 Å². The molecule has 20 heavy (non-hydrogen) atoms. The Bertz CT molecular complexity index is 496. The molecular formula is C16H22N2O2. The number of benzene rings is 1. The van der Waals surface area contributed by atoms with Crippen molar-refractivity contribution in [2.45, 2.75) is 32.7 Å². The minimum absolute atomic E-state index is 0.0393.